The molecule has 0 rings (SSSR count). The molecule has 46 heavy (non-hydrogen) atoms. The van der Waals surface area contributed by atoms with Gasteiger partial charge >= 0.3 is 101 Å². The molecule has 10 N–H and O–H groups in total. The quantitative estimate of drug-likeness (QED) is 0.0244. The van der Waals surface area contributed by atoms with Crippen LogP contribution in [0.4, 0.5) is 0 Å². The Hall–Kier alpha value is -0.350. The monoisotopic (exact) mass is 700 g/mol. The van der Waals surface area contributed by atoms with E-state index in [1.165, 1.54) is 0 Å². The Balaban J connectivity index is -0.00000294. The van der Waals surface area contributed by atoms with Gasteiger partial charge in [-0.1, -0.05) is 0 Å². The molecule has 0 saturated heterocycles. The molecule has 0 aromatic rings. The van der Waals surface area contributed by atoms with Crippen molar-refractivity contribution in [3.8, 4) is 0 Å². The molecule has 0 fully saturated rings. The van der Waals surface area contributed by atoms with E-state index in [2.05, 4.69) is 0 Å². The number of carboxylic acid groups (broad SMARTS) is 3. The van der Waals surface area contributed by atoms with Crippen molar-refractivity contribution in [3.63, 3.8) is 0 Å². The van der Waals surface area contributed by atoms with Gasteiger partial charge in [0.1, 0.15) is 48.8 Å². The van der Waals surface area contributed by atoms with Crippen molar-refractivity contribution in [2.24, 2.45) is 0 Å². The summed E-state index contributed by atoms with van der Waals surface area (Å²) in [5.74, 6) is -13.9. The number of esters is 2. The second kappa shape index (κ2) is 24.7. The summed E-state index contributed by atoms with van der Waals surface area (Å²) in [5.41, 5.74) is 0. The maximum atomic E-state index is 12.7. The van der Waals surface area contributed by atoms with Gasteiger partial charge in [-0.3, -0.25) is 0 Å². The Morgan fingerprint density at radius 2 is 1.17 bits per heavy atom. The predicted octanol–water partition coefficient (Wildman–Crippen LogP) is -20.4. The Morgan fingerprint density at radius 3 is 1.57 bits per heavy atom. The van der Waals surface area contributed by atoms with Gasteiger partial charge in [0.25, 0.3) is 5.79 Å². The summed E-state index contributed by atoms with van der Waals surface area (Å²) in [4.78, 5) is 58.2. The first kappa shape index (κ1) is 52.5. The van der Waals surface area contributed by atoms with Crippen molar-refractivity contribution in [1.29, 1.82) is 0 Å². The third kappa shape index (κ3) is 16.8. The predicted molar refractivity (Wildman–Crippen MR) is 120 cm³/mol. The van der Waals surface area contributed by atoms with Gasteiger partial charge in [0.15, 0.2) is 12.2 Å². The van der Waals surface area contributed by atoms with E-state index in [1.54, 1.807) is 0 Å². The van der Waals surface area contributed by atoms with E-state index < -0.39 is 116 Å². The molecule has 0 spiro atoms. The first-order valence-electron chi connectivity index (χ1n) is 11.8. The summed E-state index contributed by atoms with van der Waals surface area (Å²) in [6, 6.07) is 0. The molecule has 1 unspecified atom stereocenters. The smallest absolute Gasteiger partial charge is 0.550 e. The minimum absolute atomic E-state index is 0. The number of carboxylic acids is 3. The molecule has 24 heteroatoms. The van der Waals surface area contributed by atoms with Crippen LogP contribution in [0.25, 0.3) is 0 Å². The van der Waals surface area contributed by atoms with Gasteiger partial charge in [-0.05, 0) is 6.08 Å². The standard InChI is InChI=1S/C22H34O21.3Na/c1-22(42-9(20(38)39)4-11(29)30,43-21(40)18(37)16(35)15(34)13(32)7(25)5-23)19(17(36)14(33)8(26)6-24)41-12(31)3-2-10(27)28;;;/h2-3,7-9,13-19,23-26,32-37H,4-6H2,1H3,(H,27,28)(H,29,30)(H,38,39);;;/q;3*+1/p-3/b3-2-;;;/t7-,8-,9?,13+,14+,15-,16-,17-,18-,19-,22-;;;/m1.../s1. The van der Waals surface area contributed by atoms with Gasteiger partial charge in [0.05, 0.1) is 25.2 Å². The van der Waals surface area contributed by atoms with Crippen LogP contribution < -0.4 is 104 Å². The topological polar surface area (TPSA) is 385 Å². The van der Waals surface area contributed by atoms with Crippen molar-refractivity contribution < 1.29 is 193 Å². The molecular weight excluding hydrogens is 669 g/mol. The van der Waals surface area contributed by atoms with Crippen LogP contribution in [-0.4, -0.2) is 161 Å². The van der Waals surface area contributed by atoms with E-state index in [-0.39, 0.29) is 101 Å². The van der Waals surface area contributed by atoms with Crippen LogP contribution in [0.15, 0.2) is 12.2 Å². The van der Waals surface area contributed by atoms with E-state index in [9.17, 15) is 80.1 Å². The van der Waals surface area contributed by atoms with Gasteiger partial charge in [-0.15, -0.1) is 0 Å². The van der Waals surface area contributed by atoms with Crippen LogP contribution in [0, 0.1) is 0 Å². The third-order valence-corrected chi connectivity index (χ3v) is 5.50. The van der Waals surface area contributed by atoms with Crippen LogP contribution >= 0.6 is 0 Å². The molecule has 0 bridgehead atoms. The summed E-state index contributed by atoms with van der Waals surface area (Å²) >= 11 is 0. The number of rotatable bonds is 20. The second-order valence-electron chi connectivity index (χ2n) is 8.85. The SMILES string of the molecule is C[C@](OC(=O)[C@H](O)[C@H](O)[C@H](O)[C@@H](O)[C@H](O)CO)(OC(CC(=O)[O-])C(=O)[O-])[C@H](OC(=O)/C=C\C(=O)[O-])[C@H](O)[C@@H](O)[C@H](O)CO.[Na+].[Na+].[Na+]. The van der Waals surface area contributed by atoms with Crippen LogP contribution in [0.5, 0.6) is 0 Å². The number of carbonyl (C=O) groups excluding carboxylic acids is 5. The first-order valence-corrected chi connectivity index (χ1v) is 11.8. The summed E-state index contributed by atoms with van der Waals surface area (Å²) < 4.78 is 14.4. The second-order valence-corrected chi connectivity index (χ2v) is 8.85. The van der Waals surface area contributed by atoms with E-state index in [1.807, 2.05) is 0 Å². The average molecular weight is 700 g/mol. The fourth-order valence-corrected chi connectivity index (χ4v) is 3.18. The fourth-order valence-electron chi connectivity index (χ4n) is 3.18. The van der Waals surface area contributed by atoms with Gasteiger partial charge in [-0.2, -0.15) is 0 Å². The van der Waals surface area contributed by atoms with Crippen molar-refractivity contribution in [2.45, 2.75) is 80.2 Å². The Kier molecular flexibility index (Phi) is 28.2. The zero-order valence-corrected chi connectivity index (χ0v) is 31.0. The summed E-state index contributed by atoms with van der Waals surface area (Å²) in [6.07, 6.45) is -27.6. The molecule has 21 nitrogen and oxygen atoms in total. The van der Waals surface area contributed by atoms with Gasteiger partial charge in [0, 0.05) is 25.4 Å². The third-order valence-electron chi connectivity index (χ3n) is 5.50. The summed E-state index contributed by atoms with van der Waals surface area (Å²) in [7, 11) is 0. The molecule has 0 aliphatic rings. The van der Waals surface area contributed by atoms with Crippen LogP contribution in [-0.2, 0) is 38.2 Å². The number of aliphatic hydroxyl groups is 10. The molecule has 0 saturated carbocycles. The number of carbonyl (C=O) groups is 5. The van der Waals surface area contributed by atoms with Gasteiger partial charge < -0.3 is 95.0 Å². The van der Waals surface area contributed by atoms with Crippen LogP contribution in [0.3, 0.4) is 0 Å². The van der Waals surface area contributed by atoms with E-state index in [0.29, 0.717) is 6.92 Å². The molecule has 248 valence electrons. The zero-order valence-electron chi connectivity index (χ0n) is 25.0. The van der Waals surface area contributed by atoms with Gasteiger partial charge in [-0.25, -0.2) is 9.59 Å². The van der Waals surface area contributed by atoms with Crippen LogP contribution in [0.1, 0.15) is 13.3 Å². The van der Waals surface area contributed by atoms with Crippen molar-refractivity contribution in [3.05, 3.63) is 12.2 Å². The Labute approximate surface area is 325 Å². The van der Waals surface area contributed by atoms with E-state index >= 15 is 0 Å². The molecule has 0 amide bonds. The first-order chi connectivity index (χ1) is 19.7. The molecule has 0 aliphatic heterocycles. The molecule has 0 aliphatic carbocycles. The number of aliphatic carboxylic acids is 3. The Bertz CT molecular complexity index is 1000. The minimum Gasteiger partial charge on any atom is -0.550 e. The minimum atomic E-state index is -3.44. The fraction of sp³-hybridized carbons (Fsp3) is 0.682. The number of hydrogen-bond donors (Lipinski definition) is 10. The maximum Gasteiger partial charge on any atom is 1.00 e. The molecular formula is C22H31Na3O21. The van der Waals surface area contributed by atoms with Crippen molar-refractivity contribution >= 4 is 29.8 Å². The van der Waals surface area contributed by atoms with Crippen molar-refractivity contribution in [2.75, 3.05) is 13.2 Å². The molecule has 0 aromatic carbocycles. The average Bonchev–Trinajstić information content (AvgIpc) is 2.94. The summed E-state index contributed by atoms with van der Waals surface area (Å²) in [6.45, 7) is -2.07. The summed E-state index contributed by atoms with van der Waals surface area (Å²) in [5, 5.41) is 131. The largest absolute Gasteiger partial charge is 1.00 e. The Morgan fingerprint density at radius 1 is 0.717 bits per heavy atom. The number of hydrogen-bond acceptors (Lipinski definition) is 21. The molecule has 0 heterocycles. The normalized spacial score (nSPS) is 18.9. The number of ether oxygens (including phenoxy) is 3. The number of aliphatic hydroxyl groups excluding tert-OH is 10. The van der Waals surface area contributed by atoms with Crippen molar-refractivity contribution in [1.82, 2.24) is 0 Å². The van der Waals surface area contributed by atoms with E-state index in [4.69, 9.17) is 24.4 Å². The molecule has 0 aromatic heterocycles. The van der Waals surface area contributed by atoms with Gasteiger partial charge in [0.2, 0.25) is 0 Å². The van der Waals surface area contributed by atoms with Crippen LogP contribution in [0.2, 0.25) is 0 Å². The molecule has 11 atom stereocenters. The zero-order chi connectivity index (χ0) is 33.8. The maximum absolute atomic E-state index is 12.7. The van der Waals surface area contributed by atoms with E-state index in [0.717, 1.165) is 0 Å². The molecule has 0 radical (unpaired) electrons.